The first-order chi connectivity index (χ1) is 18.7. The van der Waals surface area contributed by atoms with E-state index < -0.39 is 0 Å². The van der Waals surface area contributed by atoms with Crippen LogP contribution >= 0.6 is 0 Å². The molecule has 0 bridgehead atoms. The fourth-order valence-corrected chi connectivity index (χ4v) is 4.48. The zero-order valence-electron chi connectivity index (χ0n) is 23.5. The van der Waals surface area contributed by atoms with Gasteiger partial charge in [-0.2, -0.15) is 0 Å². The fraction of sp³-hybridized carbons (Fsp3) is 0.786. The first-order valence-corrected chi connectivity index (χ1v) is 14.2. The molecule has 11 nitrogen and oxygen atoms in total. The van der Waals surface area contributed by atoms with E-state index >= 15 is 0 Å². The standard InChI is InChI=1S/C28H44N2O9/c1-21-19-25(33)29(27(21)35)11-9-23(31)7-3-5-13-37-15-17-39-18-16-38-14-6-4-8-24(32)10-12-30-26(34)20-22(2)28(30)36/h21-22H,3-20H2,1-2H3. The van der Waals surface area contributed by atoms with Crippen molar-refractivity contribution in [3.63, 3.8) is 0 Å². The number of hydrogen-bond donors (Lipinski definition) is 0. The smallest absolute Gasteiger partial charge is 0.232 e. The van der Waals surface area contributed by atoms with E-state index in [-0.39, 0.29) is 85.8 Å². The highest BCUT2D eigenvalue weighted by atomic mass is 16.5. The average Bonchev–Trinajstić information content (AvgIpc) is 3.29. The van der Waals surface area contributed by atoms with Crippen LogP contribution in [-0.2, 0) is 43.0 Å². The third-order valence-corrected chi connectivity index (χ3v) is 6.90. The quantitative estimate of drug-likeness (QED) is 0.146. The van der Waals surface area contributed by atoms with Gasteiger partial charge in [0.1, 0.15) is 11.6 Å². The van der Waals surface area contributed by atoms with Crippen LogP contribution in [0.5, 0.6) is 0 Å². The zero-order valence-corrected chi connectivity index (χ0v) is 23.5. The Hall–Kier alpha value is -2.50. The monoisotopic (exact) mass is 552 g/mol. The fourth-order valence-electron chi connectivity index (χ4n) is 4.48. The second-order valence-corrected chi connectivity index (χ2v) is 10.3. The summed E-state index contributed by atoms with van der Waals surface area (Å²) in [5.41, 5.74) is 0. The Kier molecular flexibility index (Phi) is 15.1. The SMILES string of the molecule is CC1CC(=O)N(CCC(=O)CCCCOCCOCCOCCCCC(=O)CCN2C(=O)CC(C)C2=O)C1=O. The highest BCUT2D eigenvalue weighted by Crippen LogP contribution is 2.20. The van der Waals surface area contributed by atoms with Crippen LogP contribution in [0.3, 0.4) is 0 Å². The number of imide groups is 2. The Bertz CT molecular complexity index is 792. The Labute approximate surface area is 230 Å². The molecule has 4 amide bonds. The van der Waals surface area contributed by atoms with E-state index in [0.717, 1.165) is 12.8 Å². The Morgan fingerprint density at radius 3 is 1.28 bits per heavy atom. The molecule has 2 rings (SSSR count). The molecular formula is C28H44N2O9. The molecule has 0 aliphatic carbocycles. The van der Waals surface area contributed by atoms with Gasteiger partial charge >= 0.3 is 0 Å². The van der Waals surface area contributed by atoms with E-state index in [9.17, 15) is 28.8 Å². The van der Waals surface area contributed by atoms with Gasteiger partial charge in [-0.15, -0.1) is 0 Å². The summed E-state index contributed by atoms with van der Waals surface area (Å²) >= 11 is 0. The van der Waals surface area contributed by atoms with Crippen molar-refractivity contribution in [2.24, 2.45) is 11.8 Å². The summed E-state index contributed by atoms with van der Waals surface area (Å²) in [5, 5.41) is 0. The van der Waals surface area contributed by atoms with Gasteiger partial charge in [-0.25, -0.2) is 0 Å². The van der Waals surface area contributed by atoms with Crippen molar-refractivity contribution in [3.8, 4) is 0 Å². The molecule has 0 spiro atoms. The molecule has 0 aromatic heterocycles. The lowest BCUT2D eigenvalue weighted by Gasteiger charge is -2.13. The van der Waals surface area contributed by atoms with E-state index in [1.54, 1.807) is 13.8 Å². The Balaban J connectivity index is 1.30. The van der Waals surface area contributed by atoms with Gasteiger partial charge in [-0.05, 0) is 25.7 Å². The maximum absolute atomic E-state index is 12.0. The zero-order chi connectivity index (χ0) is 28.6. The lowest BCUT2D eigenvalue weighted by molar-refractivity contribution is -0.141. The Morgan fingerprint density at radius 2 is 0.949 bits per heavy atom. The minimum Gasteiger partial charge on any atom is -0.379 e. The largest absolute Gasteiger partial charge is 0.379 e. The number of carbonyl (C=O) groups excluding carboxylic acids is 6. The number of unbranched alkanes of at least 4 members (excludes halogenated alkanes) is 2. The summed E-state index contributed by atoms with van der Waals surface area (Å²) in [7, 11) is 0. The predicted octanol–water partition coefficient (Wildman–Crippen LogP) is 2.09. The van der Waals surface area contributed by atoms with Crippen LogP contribution in [0.1, 0.15) is 78.1 Å². The van der Waals surface area contributed by atoms with Crippen LogP contribution in [0.4, 0.5) is 0 Å². The van der Waals surface area contributed by atoms with E-state index in [4.69, 9.17) is 14.2 Å². The number of Topliss-reactive ketones (excluding diaryl/α,β-unsaturated/α-hetero) is 2. The second-order valence-electron chi connectivity index (χ2n) is 10.3. The minimum absolute atomic E-state index is 0.0488. The number of amides is 4. The summed E-state index contributed by atoms with van der Waals surface area (Å²) in [6.07, 6.45) is 4.64. The van der Waals surface area contributed by atoms with Crippen molar-refractivity contribution in [2.75, 3.05) is 52.7 Å². The van der Waals surface area contributed by atoms with Crippen molar-refractivity contribution < 1.29 is 43.0 Å². The van der Waals surface area contributed by atoms with Crippen LogP contribution in [-0.4, -0.2) is 97.7 Å². The average molecular weight is 553 g/mol. The van der Waals surface area contributed by atoms with Crippen LogP contribution in [0.25, 0.3) is 0 Å². The van der Waals surface area contributed by atoms with Gasteiger partial charge in [0, 0.05) is 76.7 Å². The number of nitrogens with zero attached hydrogens (tertiary/aromatic N) is 2. The number of ketones is 2. The van der Waals surface area contributed by atoms with Crippen molar-refractivity contribution in [1.82, 2.24) is 9.80 Å². The molecule has 2 atom stereocenters. The van der Waals surface area contributed by atoms with Crippen molar-refractivity contribution in [1.29, 1.82) is 0 Å². The summed E-state index contributed by atoms with van der Waals surface area (Å²) < 4.78 is 16.5. The first kappa shape index (κ1) is 32.7. The summed E-state index contributed by atoms with van der Waals surface area (Å²) in [5.74, 6) is -1.20. The summed E-state index contributed by atoms with van der Waals surface area (Å²) in [6, 6.07) is 0. The topological polar surface area (TPSA) is 137 Å². The molecular weight excluding hydrogens is 508 g/mol. The van der Waals surface area contributed by atoms with E-state index in [1.165, 1.54) is 9.80 Å². The molecule has 0 radical (unpaired) electrons. The van der Waals surface area contributed by atoms with Crippen molar-refractivity contribution in [2.45, 2.75) is 78.1 Å². The lowest BCUT2D eigenvalue weighted by atomic mass is 10.1. The van der Waals surface area contributed by atoms with Gasteiger partial charge < -0.3 is 14.2 Å². The van der Waals surface area contributed by atoms with Crippen LogP contribution in [0, 0.1) is 11.8 Å². The number of carbonyl (C=O) groups is 6. The van der Waals surface area contributed by atoms with E-state index in [2.05, 4.69) is 0 Å². The number of hydrogen-bond acceptors (Lipinski definition) is 9. The van der Waals surface area contributed by atoms with Gasteiger partial charge in [0.15, 0.2) is 0 Å². The minimum atomic E-state index is -0.277. The number of ether oxygens (including phenoxy) is 3. The molecule has 2 fully saturated rings. The molecule has 220 valence electrons. The second kappa shape index (κ2) is 18.0. The molecule has 0 N–H and O–H groups in total. The van der Waals surface area contributed by atoms with Crippen molar-refractivity contribution in [3.05, 3.63) is 0 Å². The third kappa shape index (κ3) is 12.0. The normalized spacial score (nSPS) is 19.5. The van der Waals surface area contributed by atoms with E-state index in [1.807, 2.05) is 0 Å². The van der Waals surface area contributed by atoms with Gasteiger partial charge in [-0.3, -0.25) is 38.6 Å². The molecule has 2 aliphatic rings. The van der Waals surface area contributed by atoms with Crippen LogP contribution in [0.2, 0.25) is 0 Å². The molecule has 0 aromatic rings. The maximum atomic E-state index is 12.0. The molecule has 0 aromatic carbocycles. The molecule has 2 saturated heterocycles. The summed E-state index contributed by atoms with van der Waals surface area (Å²) in [6.45, 7) is 6.73. The third-order valence-electron chi connectivity index (χ3n) is 6.90. The highest BCUT2D eigenvalue weighted by molar-refractivity contribution is 6.04. The van der Waals surface area contributed by atoms with E-state index in [0.29, 0.717) is 65.3 Å². The molecule has 11 heteroatoms. The van der Waals surface area contributed by atoms with Gasteiger partial charge in [0.25, 0.3) is 0 Å². The van der Waals surface area contributed by atoms with Gasteiger partial charge in [0.2, 0.25) is 23.6 Å². The van der Waals surface area contributed by atoms with Gasteiger partial charge in [0.05, 0.1) is 26.4 Å². The maximum Gasteiger partial charge on any atom is 0.232 e. The lowest BCUT2D eigenvalue weighted by Crippen LogP contribution is -2.32. The summed E-state index contributed by atoms with van der Waals surface area (Å²) in [4.78, 5) is 73.5. The molecule has 0 saturated carbocycles. The number of rotatable bonds is 22. The predicted molar refractivity (Wildman–Crippen MR) is 140 cm³/mol. The van der Waals surface area contributed by atoms with Crippen LogP contribution in [0.15, 0.2) is 0 Å². The molecule has 2 heterocycles. The van der Waals surface area contributed by atoms with Gasteiger partial charge in [-0.1, -0.05) is 13.8 Å². The molecule has 2 aliphatic heterocycles. The van der Waals surface area contributed by atoms with Crippen molar-refractivity contribution >= 4 is 35.2 Å². The molecule has 39 heavy (non-hydrogen) atoms. The highest BCUT2D eigenvalue weighted by Gasteiger charge is 2.36. The molecule has 2 unspecified atom stereocenters. The number of likely N-dealkylation sites (tertiary alicyclic amines) is 2. The first-order valence-electron chi connectivity index (χ1n) is 14.2. The Morgan fingerprint density at radius 1 is 0.590 bits per heavy atom. The van der Waals surface area contributed by atoms with Crippen LogP contribution < -0.4 is 0 Å².